The summed E-state index contributed by atoms with van der Waals surface area (Å²) in [4.78, 5) is 12.3. The largest absolute Gasteiger partial charge is 0.268 e. The smallest absolute Gasteiger partial charge is 0.268 e. The lowest BCUT2D eigenvalue weighted by Crippen LogP contribution is -2.39. The molecular weight excluding hydrogens is 308 g/mol. The molecule has 1 fully saturated rings. The summed E-state index contributed by atoms with van der Waals surface area (Å²) in [5.41, 5.74) is 0.0705. The lowest BCUT2D eigenvalue weighted by molar-refractivity contribution is 0.257. The molecule has 0 bridgehead atoms. The van der Waals surface area contributed by atoms with E-state index in [0.717, 1.165) is 22.9 Å². The molecule has 5 nitrogen and oxygen atoms in total. The van der Waals surface area contributed by atoms with Crippen molar-refractivity contribution < 1.29 is 8.42 Å². The summed E-state index contributed by atoms with van der Waals surface area (Å²) in [6, 6.07) is 7.64. The molecule has 0 spiro atoms. The highest BCUT2D eigenvalue weighted by molar-refractivity contribution is 7.88. The third kappa shape index (κ3) is 3.04. The quantitative estimate of drug-likeness (QED) is 0.863. The Morgan fingerprint density at radius 3 is 2.52 bits per heavy atom. The lowest BCUT2D eigenvalue weighted by Gasteiger charge is -2.29. The van der Waals surface area contributed by atoms with Crippen LogP contribution in [0.1, 0.15) is 12.8 Å². The summed E-state index contributed by atoms with van der Waals surface area (Å²) in [5, 5.41) is 0.774. The minimum atomic E-state index is -3.08. The zero-order valence-corrected chi connectivity index (χ0v) is 13.5. The third-order valence-electron chi connectivity index (χ3n) is 4.02. The molecule has 0 amide bonds. The number of fused-ring (bicyclic) bond motifs is 1. The van der Waals surface area contributed by atoms with Crippen LogP contribution in [0.2, 0.25) is 0 Å². The van der Waals surface area contributed by atoms with Gasteiger partial charge in [0.25, 0.3) is 5.56 Å². The van der Waals surface area contributed by atoms with E-state index in [0.29, 0.717) is 25.6 Å². The molecule has 0 radical (unpaired) electrons. The van der Waals surface area contributed by atoms with Crippen LogP contribution in [0.5, 0.6) is 0 Å². The van der Waals surface area contributed by atoms with Crippen molar-refractivity contribution in [1.29, 1.82) is 0 Å². The first-order valence-corrected chi connectivity index (χ1v) is 9.61. The number of piperidine rings is 1. The molecule has 0 aliphatic carbocycles. The molecule has 1 aromatic heterocycles. The van der Waals surface area contributed by atoms with Gasteiger partial charge in [-0.25, -0.2) is 12.7 Å². The van der Waals surface area contributed by atoms with Gasteiger partial charge in [0, 0.05) is 19.6 Å². The molecule has 3 rings (SSSR count). The van der Waals surface area contributed by atoms with E-state index in [1.165, 1.54) is 22.1 Å². The van der Waals surface area contributed by atoms with Gasteiger partial charge in [-0.2, -0.15) is 0 Å². The minimum absolute atomic E-state index is 0.0705. The van der Waals surface area contributed by atoms with Crippen LogP contribution in [0.25, 0.3) is 10.1 Å². The number of rotatable bonds is 3. The summed E-state index contributed by atoms with van der Waals surface area (Å²) in [5.74, 6) is 0.369. The Hall–Kier alpha value is -1.18. The molecule has 1 aliphatic rings. The number of aromatic nitrogens is 1. The van der Waals surface area contributed by atoms with E-state index in [4.69, 9.17) is 0 Å². The Morgan fingerprint density at radius 1 is 1.24 bits per heavy atom. The van der Waals surface area contributed by atoms with Gasteiger partial charge in [-0.3, -0.25) is 8.75 Å². The van der Waals surface area contributed by atoms with Gasteiger partial charge in [-0.05, 0) is 30.9 Å². The van der Waals surface area contributed by atoms with Crippen molar-refractivity contribution in [3.05, 3.63) is 34.6 Å². The van der Waals surface area contributed by atoms with E-state index >= 15 is 0 Å². The zero-order chi connectivity index (χ0) is 15.0. The predicted octanol–water partition coefficient (Wildman–Crippen LogP) is 1.73. The molecule has 1 saturated heterocycles. The molecule has 0 unspecified atom stereocenters. The van der Waals surface area contributed by atoms with Gasteiger partial charge >= 0.3 is 0 Å². The lowest BCUT2D eigenvalue weighted by atomic mass is 9.98. The Labute approximate surface area is 128 Å². The highest BCUT2D eigenvalue weighted by Crippen LogP contribution is 2.23. The fourth-order valence-electron chi connectivity index (χ4n) is 2.80. The van der Waals surface area contributed by atoms with Crippen LogP contribution >= 0.6 is 11.5 Å². The first-order valence-electron chi connectivity index (χ1n) is 6.99. The van der Waals surface area contributed by atoms with Gasteiger partial charge in [-0.15, -0.1) is 0 Å². The molecule has 2 heterocycles. The number of nitrogens with zero attached hydrogens (tertiary/aromatic N) is 2. The van der Waals surface area contributed by atoms with Crippen molar-refractivity contribution in [2.45, 2.75) is 19.4 Å². The summed E-state index contributed by atoms with van der Waals surface area (Å²) in [6.07, 6.45) is 2.88. The molecule has 21 heavy (non-hydrogen) atoms. The number of hydrogen-bond acceptors (Lipinski definition) is 4. The van der Waals surface area contributed by atoms with E-state index in [2.05, 4.69) is 0 Å². The predicted molar refractivity (Wildman–Crippen MR) is 85.2 cm³/mol. The van der Waals surface area contributed by atoms with Crippen molar-refractivity contribution in [2.24, 2.45) is 5.92 Å². The van der Waals surface area contributed by atoms with Crippen LogP contribution in [0.4, 0.5) is 0 Å². The van der Waals surface area contributed by atoms with Gasteiger partial charge < -0.3 is 0 Å². The second-order valence-corrected chi connectivity index (χ2v) is 8.60. The average molecular weight is 326 g/mol. The highest BCUT2D eigenvalue weighted by Gasteiger charge is 2.25. The van der Waals surface area contributed by atoms with Crippen molar-refractivity contribution in [1.82, 2.24) is 8.26 Å². The van der Waals surface area contributed by atoms with Crippen molar-refractivity contribution in [2.75, 3.05) is 19.3 Å². The number of sulfonamides is 1. The average Bonchev–Trinajstić information content (AvgIpc) is 2.76. The second-order valence-electron chi connectivity index (χ2n) is 5.56. The van der Waals surface area contributed by atoms with Crippen LogP contribution in [0.15, 0.2) is 29.1 Å². The Kier molecular flexibility index (Phi) is 3.90. The van der Waals surface area contributed by atoms with Crippen molar-refractivity contribution in [3.8, 4) is 0 Å². The normalized spacial score (nSPS) is 18.3. The van der Waals surface area contributed by atoms with Gasteiger partial charge in [0.05, 0.1) is 16.3 Å². The zero-order valence-electron chi connectivity index (χ0n) is 11.9. The van der Waals surface area contributed by atoms with Crippen LogP contribution in [0.3, 0.4) is 0 Å². The number of benzene rings is 1. The van der Waals surface area contributed by atoms with E-state index in [-0.39, 0.29) is 5.56 Å². The molecule has 114 valence electrons. The first kappa shape index (κ1) is 14.7. The van der Waals surface area contributed by atoms with Crippen molar-refractivity contribution >= 4 is 31.6 Å². The second kappa shape index (κ2) is 5.55. The Morgan fingerprint density at radius 2 is 1.90 bits per heavy atom. The molecule has 1 aromatic carbocycles. The van der Waals surface area contributed by atoms with Crippen molar-refractivity contribution in [3.63, 3.8) is 0 Å². The Bertz CT molecular complexity index is 799. The molecule has 7 heteroatoms. The van der Waals surface area contributed by atoms with Crippen LogP contribution in [0, 0.1) is 5.92 Å². The van der Waals surface area contributed by atoms with Gasteiger partial charge in [0.15, 0.2) is 0 Å². The fourth-order valence-corrected chi connectivity index (χ4v) is 4.77. The maximum Gasteiger partial charge on any atom is 0.268 e. The SMILES string of the molecule is CS(=O)(=O)N1CCC(Cn2sc3ccccc3c2=O)CC1. The van der Waals surface area contributed by atoms with Crippen LogP contribution < -0.4 is 5.56 Å². The first-order chi connectivity index (χ1) is 9.95. The molecule has 0 N–H and O–H groups in total. The number of hydrogen-bond donors (Lipinski definition) is 0. The maximum absolute atomic E-state index is 12.3. The molecule has 0 atom stereocenters. The van der Waals surface area contributed by atoms with Crippen LogP contribution in [-0.2, 0) is 16.6 Å². The maximum atomic E-state index is 12.3. The summed E-state index contributed by atoms with van der Waals surface area (Å²) in [7, 11) is -3.08. The van der Waals surface area contributed by atoms with E-state index in [1.807, 2.05) is 28.2 Å². The summed E-state index contributed by atoms with van der Waals surface area (Å²) in [6.45, 7) is 1.81. The van der Waals surface area contributed by atoms with E-state index < -0.39 is 10.0 Å². The van der Waals surface area contributed by atoms with Gasteiger partial charge in [0.2, 0.25) is 10.0 Å². The monoisotopic (exact) mass is 326 g/mol. The fraction of sp³-hybridized carbons (Fsp3) is 0.500. The van der Waals surface area contributed by atoms with E-state index in [1.54, 1.807) is 0 Å². The minimum Gasteiger partial charge on any atom is -0.268 e. The summed E-state index contributed by atoms with van der Waals surface area (Å²) >= 11 is 1.50. The molecule has 2 aromatic rings. The van der Waals surface area contributed by atoms with Gasteiger partial charge in [0.1, 0.15) is 0 Å². The molecule has 1 aliphatic heterocycles. The summed E-state index contributed by atoms with van der Waals surface area (Å²) < 4.78 is 27.3. The van der Waals surface area contributed by atoms with E-state index in [9.17, 15) is 13.2 Å². The van der Waals surface area contributed by atoms with Gasteiger partial charge in [-0.1, -0.05) is 23.7 Å². The Balaban J connectivity index is 1.73. The molecule has 0 saturated carbocycles. The third-order valence-corrected chi connectivity index (χ3v) is 6.41. The highest BCUT2D eigenvalue weighted by atomic mass is 32.2. The standard InChI is InChI=1S/C14H18N2O3S2/c1-21(18,19)15-8-6-11(7-9-15)10-16-14(17)12-4-2-3-5-13(12)20-16/h2-5,11H,6-10H2,1H3. The molecular formula is C14H18N2O3S2. The topological polar surface area (TPSA) is 59.4 Å². The van der Waals surface area contributed by atoms with Crippen LogP contribution in [-0.4, -0.2) is 36.0 Å².